The third-order valence-electron chi connectivity index (χ3n) is 6.08. The zero-order chi connectivity index (χ0) is 22.1. The van der Waals surface area contributed by atoms with Gasteiger partial charge in [0.2, 0.25) is 0 Å². The smallest absolute Gasteiger partial charge is 0.173 e. The largest absolute Gasteiger partial charge is 0.456 e. The van der Waals surface area contributed by atoms with E-state index in [-0.39, 0.29) is 44.4 Å². The van der Waals surface area contributed by atoms with Crippen LogP contribution in [0.15, 0.2) is 21.4 Å². The molecular weight excluding hydrogens is 428 g/mol. The van der Waals surface area contributed by atoms with E-state index in [9.17, 15) is 8.78 Å². The van der Waals surface area contributed by atoms with Crippen molar-refractivity contribution >= 4 is 33.7 Å². The van der Waals surface area contributed by atoms with Crippen molar-refractivity contribution in [1.29, 1.82) is 0 Å². The van der Waals surface area contributed by atoms with Crippen LogP contribution in [-0.4, -0.2) is 18.5 Å². The zero-order valence-corrected chi connectivity index (χ0v) is 18.5. The molecule has 0 saturated heterocycles. The highest BCUT2D eigenvalue weighted by Gasteiger charge is 2.30. The second kappa shape index (κ2) is 9.41. The van der Waals surface area contributed by atoms with Gasteiger partial charge in [0.1, 0.15) is 11.2 Å². The molecule has 2 aromatic carbocycles. The van der Waals surface area contributed by atoms with E-state index in [1.807, 2.05) is 13.8 Å². The number of hydrogen-bond donors (Lipinski definition) is 0. The SMILES string of the molecule is CCCCSc1cc2oc3cc(C4CCC(OCC)CC4)c(F)c(F)c3c2c(F)c1F. The Morgan fingerprint density at radius 2 is 1.55 bits per heavy atom. The molecule has 0 spiro atoms. The summed E-state index contributed by atoms with van der Waals surface area (Å²) >= 11 is 1.19. The fraction of sp³-hybridized carbons (Fsp3) is 0.500. The fourth-order valence-electron chi connectivity index (χ4n) is 4.45. The number of furan rings is 1. The van der Waals surface area contributed by atoms with Crippen molar-refractivity contribution in [1.82, 2.24) is 0 Å². The molecule has 1 aliphatic rings. The number of thioether (sulfide) groups is 1. The lowest BCUT2D eigenvalue weighted by Crippen LogP contribution is -2.21. The van der Waals surface area contributed by atoms with E-state index in [1.165, 1.54) is 23.9 Å². The Morgan fingerprint density at radius 1 is 0.903 bits per heavy atom. The van der Waals surface area contributed by atoms with Gasteiger partial charge in [-0.1, -0.05) is 13.3 Å². The molecule has 1 heterocycles. The summed E-state index contributed by atoms with van der Waals surface area (Å²) in [4.78, 5) is 0.118. The van der Waals surface area contributed by atoms with Gasteiger partial charge >= 0.3 is 0 Å². The van der Waals surface area contributed by atoms with Gasteiger partial charge in [-0.25, -0.2) is 17.6 Å². The van der Waals surface area contributed by atoms with E-state index in [1.54, 1.807) is 0 Å². The first-order chi connectivity index (χ1) is 15.0. The molecule has 2 nitrogen and oxygen atoms in total. The Kier molecular flexibility index (Phi) is 6.82. The molecule has 1 saturated carbocycles. The van der Waals surface area contributed by atoms with Gasteiger partial charge in [0, 0.05) is 11.5 Å². The molecule has 0 radical (unpaired) electrons. The number of halogens is 4. The average molecular weight is 455 g/mol. The van der Waals surface area contributed by atoms with Gasteiger partial charge < -0.3 is 9.15 Å². The summed E-state index contributed by atoms with van der Waals surface area (Å²) in [6.45, 7) is 4.58. The second-order valence-electron chi connectivity index (χ2n) is 8.08. The molecule has 7 heteroatoms. The Labute approximate surface area is 183 Å². The lowest BCUT2D eigenvalue weighted by atomic mass is 9.82. The number of ether oxygens (including phenoxy) is 1. The number of rotatable bonds is 7. The highest BCUT2D eigenvalue weighted by Crippen LogP contribution is 2.42. The van der Waals surface area contributed by atoms with Crippen LogP contribution in [0.3, 0.4) is 0 Å². The summed E-state index contributed by atoms with van der Waals surface area (Å²) in [6, 6.07) is 2.85. The van der Waals surface area contributed by atoms with Crippen molar-refractivity contribution in [3.05, 3.63) is 41.0 Å². The molecule has 0 unspecified atom stereocenters. The number of fused-ring (bicyclic) bond motifs is 3. The molecule has 1 aromatic heterocycles. The highest BCUT2D eigenvalue weighted by atomic mass is 32.2. The molecule has 0 amide bonds. The van der Waals surface area contributed by atoms with E-state index >= 15 is 8.78 Å². The van der Waals surface area contributed by atoms with Crippen molar-refractivity contribution in [2.75, 3.05) is 12.4 Å². The second-order valence-corrected chi connectivity index (χ2v) is 9.21. The van der Waals surface area contributed by atoms with Gasteiger partial charge in [0.15, 0.2) is 23.3 Å². The number of benzene rings is 2. The minimum absolute atomic E-state index is 0.0309. The lowest BCUT2D eigenvalue weighted by Gasteiger charge is -2.28. The number of hydrogen-bond acceptors (Lipinski definition) is 3. The Balaban J connectivity index is 1.75. The standard InChI is InChI=1S/C24H26F4O2S/c1-3-5-10-31-18-12-17-20(24(28)22(18)26)19-16(30-17)11-15(21(25)23(19)27)13-6-8-14(9-7-13)29-4-2/h11-14H,3-10H2,1-2H3. The summed E-state index contributed by atoms with van der Waals surface area (Å²) in [5, 5.41) is -0.670. The lowest BCUT2D eigenvalue weighted by molar-refractivity contribution is 0.0325. The predicted molar refractivity (Wildman–Crippen MR) is 116 cm³/mol. The van der Waals surface area contributed by atoms with Crippen LogP contribution in [0, 0.1) is 23.3 Å². The maximum absolute atomic E-state index is 15.1. The fourth-order valence-corrected chi connectivity index (χ4v) is 5.51. The zero-order valence-electron chi connectivity index (χ0n) is 17.7. The van der Waals surface area contributed by atoms with Gasteiger partial charge in [-0.2, -0.15) is 0 Å². The maximum atomic E-state index is 15.1. The van der Waals surface area contributed by atoms with Crippen molar-refractivity contribution in [3.63, 3.8) is 0 Å². The molecule has 0 atom stereocenters. The quantitative estimate of drug-likeness (QED) is 0.205. The first-order valence-corrected chi connectivity index (χ1v) is 11.9. The van der Waals surface area contributed by atoms with Crippen molar-refractivity contribution in [3.8, 4) is 0 Å². The van der Waals surface area contributed by atoms with E-state index in [2.05, 4.69) is 0 Å². The first kappa shape index (κ1) is 22.5. The molecule has 0 aliphatic heterocycles. The van der Waals surface area contributed by atoms with Crippen LogP contribution >= 0.6 is 11.8 Å². The average Bonchev–Trinajstić information content (AvgIpc) is 3.14. The minimum Gasteiger partial charge on any atom is -0.456 e. The minimum atomic E-state index is -1.20. The van der Waals surface area contributed by atoms with Crippen LogP contribution in [0.2, 0.25) is 0 Å². The molecule has 1 fully saturated rings. The molecule has 168 valence electrons. The normalized spacial score (nSPS) is 19.5. The summed E-state index contributed by atoms with van der Waals surface area (Å²) in [5.74, 6) is -3.95. The Bertz CT molecular complexity index is 1090. The number of unbranched alkanes of at least 4 members (excludes halogenated alkanes) is 1. The van der Waals surface area contributed by atoms with E-state index in [4.69, 9.17) is 9.15 Å². The topological polar surface area (TPSA) is 22.4 Å². The molecular formula is C24H26F4O2S. The highest BCUT2D eigenvalue weighted by molar-refractivity contribution is 7.99. The molecule has 3 aromatic rings. The van der Waals surface area contributed by atoms with Crippen LogP contribution in [0.1, 0.15) is 63.9 Å². The third-order valence-corrected chi connectivity index (χ3v) is 7.18. The Morgan fingerprint density at radius 3 is 2.19 bits per heavy atom. The van der Waals surface area contributed by atoms with Gasteiger partial charge in [0.05, 0.1) is 16.9 Å². The van der Waals surface area contributed by atoms with Crippen molar-refractivity contribution < 1.29 is 26.7 Å². The molecule has 0 bridgehead atoms. The van der Waals surface area contributed by atoms with Gasteiger partial charge in [-0.05, 0) is 68.4 Å². The van der Waals surface area contributed by atoms with Crippen LogP contribution in [0.5, 0.6) is 0 Å². The summed E-state index contributed by atoms with van der Waals surface area (Å²) in [6.07, 6.45) is 4.83. The monoisotopic (exact) mass is 454 g/mol. The van der Waals surface area contributed by atoms with Gasteiger partial charge in [0.25, 0.3) is 0 Å². The summed E-state index contributed by atoms with van der Waals surface area (Å²) in [5.41, 5.74) is 0.311. The first-order valence-electron chi connectivity index (χ1n) is 10.9. The van der Waals surface area contributed by atoms with Crippen LogP contribution in [0.4, 0.5) is 17.6 Å². The molecule has 1 aliphatic carbocycles. The van der Waals surface area contributed by atoms with Crippen molar-refractivity contribution in [2.45, 2.75) is 69.3 Å². The van der Waals surface area contributed by atoms with Crippen molar-refractivity contribution in [2.24, 2.45) is 0 Å². The predicted octanol–water partition coefficient (Wildman–Crippen LogP) is 8.10. The van der Waals surface area contributed by atoms with Gasteiger partial charge in [-0.15, -0.1) is 11.8 Å². The third kappa shape index (κ3) is 4.19. The van der Waals surface area contributed by atoms with Crippen LogP contribution < -0.4 is 0 Å². The summed E-state index contributed by atoms with van der Waals surface area (Å²) < 4.78 is 70.9. The van der Waals surface area contributed by atoms with Crippen LogP contribution in [0.25, 0.3) is 21.9 Å². The molecule has 0 N–H and O–H groups in total. The van der Waals surface area contributed by atoms with E-state index < -0.39 is 23.3 Å². The molecule has 31 heavy (non-hydrogen) atoms. The molecule has 4 rings (SSSR count). The van der Waals surface area contributed by atoms with E-state index in [0.717, 1.165) is 25.7 Å². The van der Waals surface area contributed by atoms with Gasteiger partial charge in [-0.3, -0.25) is 0 Å². The van der Waals surface area contributed by atoms with E-state index in [0.29, 0.717) is 25.2 Å². The van der Waals surface area contributed by atoms with Crippen LogP contribution in [-0.2, 0) is 4.74 Å². The maximum Gasteiger partial charge on any atom is 0.173 e. The summed E-state index contributed by atoms with van der Waals surface area (Å²) in [7, 11) is 0. The Hall–Kier alpha value is -1.73.